The Morgan fingerprint density at radius 1 is 1.12 bits per heavy atom. The molecule has 1 aliphatic heterocycles. The lowest BCUT2D eigenvalue weighted by Crippen LogP contribution is -2.40. The average molecular weight is 370 g/mol. The van der Waals surface area contributed by atoms with E-state index >= 15 is 0 Å². The molecule has 2 fully saturated rings. The van der Waals surface area contributed by atoms with Gasteiger partial charge in [-0.05, 0) is 44.7 Å². The third-order valence-corrected chi connectivity index (χ3v) is 5.78. The molecule has 26 heavy (non-hydrogen) atoms. The Morgan fingerprint density at radius 2 is 1.88 bits per heavy atom. The van der Waals surface area contributed by atoms with Crippen LogP contribution in [0.1, 0.15) is 37.5 Å². The fraction of sp³-hybridized carbons (Fsp3) is 0.474. The van der Waals surface area contributed by atoms with E-state index in [4.69, 9.17) is 16.6 Å². The van der Waals surface area contributed by atoms with E-state index in [1.54, 1.807) is 6.07 Å². The van der Waals surface area contributed by atoms with Crippen LogP contribution in [-0.4, -0.2) is 43.4 Å². The Kier molecular flexibility index (Phi) is 3.64. The van der Waals surface area contributed by atoms with Crippen molar-refractivity contribution in [1.29, 1.82) is 0 Å². The molecule has 1 saturated heterocycles. The number of amides is 1. The quantitative estimate of drug-likeness (QED) is 0.648. The number of carbonyl (C=O) groups is 1. The lowest BCUT2D eigenvalue weighted by molar-refractivity contribution is -0.133. The van der Waals surface area contributed by atoms with Crippen LogP contribution < -0.4 is 0 Å². The molecule has 7 heteroatoms. The predicted octanol–water partition coefficient (Wildman–Crippen LogP) is 3.51. The molecule has 4 heterocycles. The van der Waals surface area contributed by atoms with E-state index in [0.717, 1.165) is 66.7 Å². The van der Waals surface area contributed by atoms with Gasteiger partial charge in [-0.25, -0.2) is 9.97 Å². The number of halogens is 1. The molecule has 1 aliphatic carbocycles. The van der Waals surface area contributed by atoms with E-state index in [1.165, 1.54) is 0 Å². The van der Waals surface area contributed by atoms with Gasteiger partial charge >= 0.3 is 0 Å². The first-order valence-electron chi connectivity index (χ1n) is 9.20. The minimum absolute atomic E-state index is 0.295. The first-order chi connectivity index (χ1) is 12.6. The maximum absolute atomic E-state index is 12.3. The summed E-state index contributed by atoms with van der Waals surface area (Å²) in [6.45, 7) is 3.66. The van der Waals surface area contributed by atoms with Gasteiger partial charge in [0.05, 0.1) is 17.2 Å². The van der Waals surface area contributed by atoms with Crippen molar-refractivity contribution in [3.8, 4) is 0 Å². The predicted molar refractivity (Wildman–Crippen MR) is 100 cm³/mol. The van der Waals surface area contributed by atoms with Crippen LogP contribution in [0, 0.1) is 12.8 Å². The second-order valence-electron chi connectivity index (χ2n) is 7.35. The smallest absolute Gasteiger partial charge is 0.225 e. The molecule has 1 saturated carbocycles. The van der Waals surface area contributed by atoms with Crippen molar-refractivity contribution in [2.75, 3.05) is 13.1 Å². The van der Waals surface area contributed by atoms with Gasteiger partial charge in [-0.15, -0.1) is 0 Å². The first-order valence-corrected chi connectivity index (χ1v) is 9.58. The number of likely N-dealkylation sites (tertiary alicyclic amines) is 1. The summed E-state index contributed by atoms with van der Waals surface area (Å²) >= 11 is 6.14. The summed E-state index contributed by atoms with van der Waals surface area (Å²) in [6.07, 6.45) is 5.82. The monoisotopic (exact) mass is 369 g/mol. The van der Waals surface area contributed by atoms with Crippen LogP contribution in [0.5, 0.6) is 0 Å². The summed E-state index contributed by atoms with van der Waals surface area (Å²) in [7, 11) is 0. The molecular formula is C19H20ClN5O. The Hall–Kier alpha value is -2.21. The molecule has 1 amide bonds. The van der Waals surface area contributed by atoms with Crippen LogP contribution in [0.3, 0.4) is 0 Å². The topological polar surface area (TPSA) is 63.9 Å². The third-order valence-electron chi connectivity index (χ3n) is 5.57. The molecule has 5 rings (SSSR count). The summed E-state index contributed by atoms with van der Waals surface area (Å²) in [5, 5.41) is 0.460. The van der Waals surface area contributed by atoms with Crippen LogP contribution in [0.2, 0.25) is 5.15 Å². The van der Waals surface area contributed by atoms with Gasteiger partial charge in [0.2, 0.25) is 5.91 Å². The zero-order valence-corrected chi connectivity index (χ0v) is 15.4. The van der Waals surface area contributed by atoms with Crippen molar-refractivity contribution in [3.63, 3.8) is 0 Å². The van der Waals surface area contributed by atoms with Gasteiger partial charge in [-0.2, -0.15) is 0 Å². The molecule has 0 bridgehead atoms. The highest BCUT2D eigenvalue weighted by Gasteiger charge is 2.35. The van der Waals surface area contributed by atoms with Crippen molar-refractivity contribution >= 4 is 39.6 Å². The maximum atomic E-state index is 12.3. The van der Waals surface area contributed by atoms with Gasteiger partial charge < -0.3 is 9.47 Å². The number of aromatic nitrogens is 4. The van der Waals surface area contributed by atoms with Crippen LogP contribution in [0.25, 0.3) is 22.1 Å². The SMILES string of the molecule is Cc1nc2cnc3ccc(Cl)nc3c2n1C1CCN(C(=O)C2CC2)CC1. The Morgan fingerprint density at radius 3 is 2.62 bits per heavy atom. The Labute approximate surface area is 156 Å². The van der Waals surface area contributed by atoms with Crippen LogP contribution in [0.4, 0.5) is 0 Å². The minimum atomic E-state index is 0.295. The van der Waals surface area contributed by atoms with E-state index in [-0.39, 0.29) is 0 Å². The number of imidazole rings is 1. The summed E-state index contributed by atoms with van der Waals surface area (Å²) in [5.41, 5.74) is 3.47. The van der Waals surface area contributed by atoms with E-state index in [1.807, 2.05) is 24.1 Å². The molecule has 3 aromatic rings. The van der Waals surface area contributed by atoms with Crippen LogP contribution >= 0.6 is 11.6 Å². The van der Waals surface area contributed by atoms with Crippen LogP contribution in [0.15, 0.2) is 18.3 Å². The van der Waals surface area contributed by atoms with Gasteiger partial charge in [-0.1, -0.05) is 11.6 Å². The molecule has 0 spiro atoms. The molecular weight excluding hydrogens is 350 g/mol. The van der Waals surface area contributed by atoms with Crippen molar-refractivity contribution in [2.24, 2.45) is 5.92 Å². The molecule has 0 atom stereocenters. The number of piperidine rings is 1. The molecule has 0 radical (unpaired) electrons. The Balaban J connectivity index is 1.53. The number of carbonyl (C=O) groups excluding carboxylic acids is 1. The summed E-state index contributed by atoms with van der Waals surface area (Å²) in [4.78, 5) is 28.0. The third kappa shape index (κ3) is 2.55. The molecule has 0 aromatic carbocycles. The minimum Gasteiger partial charge on any atom is -0.342 e. The molecule has 134 valence electrons. The summed E-state index contributed by atoms with van der Waals surface area (Å²) in [6, 6.07) is 3.97. The zero-order valence-electron chi connectivity index (χ0n) is 14.7. The zero-order chi connectivity index (χ0) is 17.8. The van der Waals surface area contributed by atoms with Gasteiger partial charge in [0.15, 0.2) is 0 Å². The second-order valence-corrected chi connectivity index (χ2v) is 7.74. The van der Waals surface area contributed by atoms with Gasteiger partial charge in [0, 0.05) is 25.0 Å². The van der Waals surface area contributed by atoms with Crippen molar-refractivity contribution < 1.29 is 4.79 Å². The number of aryl methyl sites for hydroxylation is 1. The fourth-order valence-electron chi connectivity index (χ4n) is 4.11. The lowest BCUT2D eigenvalue weighted by Gasteiger charge is -2.33. The maximum Gasteiger partial charge on any atom is 0.225 e. The van der Waals surface area contributed by atoms with Gasteiger partial charge in [0.25, 0.3) is 0 Å². The van der Waals surface area contributed by atoms with Crippen molar-refractivity contribution in [2.45, 2.75) is 38.6 Å². The number of hydrogen-bond acceptors (Lipinski definition) is 4. The summed E-state index contributed by atoms with van der Waals surface area (Å²) in [5.74, 6) is 1.60. The van der Waals surface area contributed by atoms with E-state index in [9.17, 15) is 4.79 Å². The highest BCUT2D eigenvalue weighted by atomic mass is 35.5. The van der Waals surface area contributed by atoms with Crippen LogP contribution in [-0.2, 0) is 4.79 Å². The van der Waals surface area contributed by atoms with E-state index in [0.29, 0.717) is 23.0 Å². The molecule has 0 N–H and O–H groups in total. The van der Waals surface area contributed by atoms with E-state index < -0.39 is 0 Å². The first kappa shape index (κ1) is 16.0. The lowest BCUT2D eigenvalue weighted by atomic mass is 10.0. The number of nitrogens with zero attached hydrogens (tertiary/aromatic N) is 5. The number of pyridine rings is 2. The molecule has 0 unspecified atom stereocenters. The highest BCUT2D eigenvalue weighted by Crippen LogP contribution is 2.35. The van der Waals surface area contributed by atoms with Crippen molar-refractivity contribution in [3.05, 3.63) is 29.3 Å². The largest absolute Gasteiger partial charge is 0.342 e. The molecule has 2 aliphatic rings. The van der Waals surface area contributed by atoms with Gasteiger partial charge in [-0.3, -0.25) is 9.78 Å². The molecule has 6 nitrogen and oxygen atoms in total. The average Bonchev–Trinajstić information content (AvgIpc) is 3.43. The number of rotatable bonds is 2. The highest BCUT2D eigenvalue weighted by molar-refractivity contribution is 6.30. The summed E-state index contributed by atoms with van der Waals surface area (Å²) < 4.78 is 2.28. The number of fused-ring (bicyclic) bond motifs is 3. The second kappa shape index (κ2) is 5.91. The standard InChI is InChI=1S/C19H20ClN5O/c1-11-22-15-10-21-14-4-5-16(20)23-17(14)18(15)25(11)13-6-8-24(9-7-13)19(26)12-2-3-12/h4-5,10,12-13H,2-3,6-9H2,1H3. The normalized spacial score (nSPS) is 18.8. The van der Waals surface area contributed by atoms with E-state index in [2.05, 4.69) is 14.5 Å². The van der Waals surface area contributed by atoms with Crippen molar-refractivity contribution in [1.82, 2.24) is 24.4 Å². The molecule has 3 aromatic heterocycles. The van der Waals surface area contributed by atoms with Gasteiger partial charge in [0.1, 0.15) is 22.0 Å². The Bertz CT molecular complexity index is 1020. The number of hydrogen-bond donors (Lipinski definition) is 0. The fourth-order valence-corrected chi connectivity index (χ4v) is 4.26.